The summed E-state index contributed by atoms with van der Waals surface area (Å²) in [5, 5.41) is 2.52. The maximum atomic E-state index is 11.7. The van der Waals surface area contributed by atoms with Gasteiger partial charge < -0.3 is 10.1 Å². The van der Waals surface area contributed by atoms with E-state index in [1.165, 1.54) is 6.92 Å². The molecule has 18 heavy (non-hydrogen) atoms. The van der Waals surface area contributed by atoms with Crippen molar-refractivity contribution in [1.29, 1.82) is 0 Å². The van der Waals surface area contributed by atoms with Crippen molar-refractivity contribution in [2.45, 2.75) is 52.5 Å². The van der Waals surface area contributed by atoms with Crippen molar-refractivity contribution in [3.8, 4) is 0 Å². The predicted octanol–water partition coefficient (Wildman–Crippen LogP) is 2.18. The Balaban J connectivity index is 4.07. The molecule has 0 aromatic heterocycles. The zero-order valence-corrected chi connectivity index (χ0v) is 12.5. The van der Waals surface area contributed by atoms with Crippen molar-refractivity contribution in [2.75, 3.05) is 12.4 Å². The molecule has 0 aliphatic heterocycles. The number of hydrogen-bond acceptors (Lipinski definition) is 4. The summed E-state index contributed by atoms with van der Waals surface area (Å²) in [7, 11) is 0. The summed E-state index contributed by atoms with van der Waals surface area (Å²) in [4.78, 5) is 22.6. The number of thiol groups is 1. The molecule has 0 aliphatic carbocycles. The van der Waals surface area contributed by atoms with Gasteiger partial charge in [0.25, 0.3) is 0 Å². The molecule has 2 unspecified atom stereocenters. The Labute approximate surface area is 115 Å². The number of amides is 1. The number of rotatable bonds is 9. The van der Waals surface area contributed by atoms with E-state index in [0.29, 0.717) is 12.5 Å². The highest BCUT2D eigenvalue weighted by molar-refractivity contribution is 7.80. The average Bonchev–Trinajstić information content (AvgIpc) is 2.35. The summed E-state index contributed by atoms with van der Waals surface area (Å²) in [6.07, 6.45) is 4.37. The highest BCUT2D eigenvalue weighted by Gasteiger charge is 2.20. The summed E-state index contributed by atoms with van der Waals surface area (Å²) >= 11 is 4.04. The van der Waals surface area contributed by atoms with Crippen LogP contribution in [0.15, 0.2) is 0 Å². The molecule has 0 fully saturated rings. The largest absolute Gasteiger partial charge is 0.464 e. The van der Waals surface area contributed by atoms with Gasteiger partial charge in [-0.25, -0.2) is 4.79 Å². The lowest BCUT2D eigenvalue weighted by Crippen LogP contribution is -2.42. The van der Waals surface area contributed by atoms with Crippen LogP contribution in [-0.4, -0.2) is 30.3 Å². The molecule has 106 valence electrons. The Hall–Kier alpha value is -0.710. The molecule has 0 spiro atoms. The van der Waals surface area contributed by atoms with Gasteiger partial charge in [0.15, 0.2) is 0 Å². The van der Waals surface area contributed by atoms with Gasteiger partial charge in [-0.05, 0) is 12.3 Å². The molecule has 0 aromatic carbocycles. The molecule has 4 nitrogen and oxygen atoms in total. The Bertz CT molecular complexity index is 259. The molecule has 0 aromatic rings. The third-order valence-corrected chi connectivity index (χ3v) is 3.21. The lowest BCUT2D eigenvalue weighted by atomic mass is 10.0. The quantitative estimate of drug-likeness (QED) is 0.501. The zero-order chi connectivity index (χ0) is 14.0. The fourth-order valence-corrected chi connectivity index (χ4v) is 1.86. The highest BCUT2D eigenvalue weighted by atomic mass is 32.1. The van der Waals surface area contributed by atoms with Crippen molar-refractivity contribution < 1.29 is 14.3 Å². The average molecular weight is 275 g/mol. The van der Waals surface area contributed by atoms with Crippen LogP contribution in [0.25, 0.3) is 0 Å². The molecule has 5 heteroatoms. The van der Waals surface area contributed by atoms with E-state index in [4.69, 9.17) is 4.74 Å². The van der Waals surface area contributed by atoms with Crippen molar-refractivity contribution in [1.82, 2.24) is 5.32 Å². The van der Waals surface area contributed by atoms with E-state index >= 15 is 0 Å². The minimum Gasteiger partial charge on any atom is -0.464 e. The topological polar surface area (TPSA) is 55.4 Å². The number of carbonyl (C=O) groups excluding carboxylic acids is 2. The molecule has 1 amide bonds. The van der Waals surface area contributed by atoms with Crippen LogP contribution >= 0.6 is 12.6 Å². The molecule has 0 aliphatic rings. The van der Waals surface area contributed by atoms with Crippen LogP contribution in [0.1, 0.15) is 46.5 Å². The van der Waals surface area contributed by atoms with E-state index in [0.717, 1.165) is 25.7 Å². The van der Waals surface area contributed by atoms with Crippen molar-refractivity contribution in [3.05, 3.63) is 0 Å². The summed E-state index contributed by atoms with van der Waals surface area (Å²) in [6, 6.07) is -0.644. The van der Waals surface area contributed by atoms with Gasteiger partial charge in [-0.3, -0.25) is 4.79 Å². The first kappa shape index (κ1) is 17.3. The van der Waals surface area contributed by atoms with Crippen molar-refractivity contribution >= 4 is 24.5 Å². The number of ether oxygens (including phenoxy) is 1. The molecule has 0 rings (SSSR count). The van der Waals surface area contributed by atoms with Crippen LogP contribution in [0.5, 0.6) is 0 Å². The fraction of sp³-hybridized carbons (Fsp3) is 0.846. The first-order valence-electron chi connectivity index (χ1n) is 6.59. The van der Waals surface area contributed by atoms with Crippen LogP contribution in [0.4, 0.5) is 0 Å². The zero-order valence-electron chi connectivity index (χ0n) is 11.6. The number of unbranched alkanes of at least 4 members (excludes halogenated alkanes) is 1. The van der Waals surface area contributed by atoms with Crippen molar-refractivity contribution in [2.24, 2.45) is 5.92 Å². The molecule has 2 atom stereocenters. The monoisotopic (exact) mass is 275 g/mol. The van der Waals surface area contributed by atoms with Crippen LogP contribution in [-0.2, 0) is 14.3 Å². The van der Waals surface area contributed by atoms with Crippen LogP contribution in [0.2, 0.25) is 0 Å². The van der Waals surface area contributed by atoms with Gasteiger partial charge in [-0.1, -0.05) is 33.1 Å². The van der Waals surface area contributed by atoms with Gasteiger partial charge in [0.1, 0.15) is 6.04 Å². The molecular formula is C13H25NO3S. The molecule has 0 saturated heterocycles. The third-order valence-electron chi connectivity index (χ3n) is 2.85. The predicted molar refractivity (Wildman–Crippen MR) is 75.7 cm³/mol. The number of nitrogens with one attached hydrogen (secondary N) is 1. The molecule has 0 bridgehead atoms. The maximum Gasteiger partial charge on any atom is 0.329 e. The molecule has 0 radical (unpaired) electrons. The van der Waals surface area contributed by atoms with Gasteiger partial charge in [0.05, 0.1) is 6.61 Å². The Morgan fingerprint density at radius 1 is 1.33 bits per heavy atom. The first-order valence-corrected chi connectivity index (χ1v) is 7.22. The summed E-state index contributed by atoms with van der Waals surface area (Å²) in [5.74, 6) is 0.0235. The molecule has 1 N–H and O–H groups in total. The SMILES string of the molecule is CCCCC(CC)COC(=O)C(CS)NC(C)=O. The van der Waals surface area contributed by atoms with E-state index < -0.39 is 12.0 Å². The van der Waals surface area contributed by atoms with E-state index in [1.807, 2.05) is 0 Å². The normalized spacial score (nSPS) is 13.8. The van der Waals surface area contributed by atoms with E-state index in [9.17, 15) is 9.59 Å². The van der Waals surface area contributed by atoms with Crippen LogP contribution in [0, 0.1) is 5.92 Å². The number of hydrogen-bond donors (Lipinski definition) is 2. The highest BCUT2D eigenvalue weighted by Crippen LogP contribution is 2.13. The Morgan fingerprint density at radius 2 is 2.00 bits per heavy atom. The lowest BCUT2D eigenvalue weighted by molar-refractivity contribution is -0.148. The maximum absolute atomic E-state index is 11.7. The number of esters is 1. The van der Waals surface area contributed by atoms with Gasteiger partial charge in [-0.2, -0.15) is 12.6 Å². The summed E-state index contributed by atoms with van der Waals surface area (Å²) < 4.78 is 5.24. The molecular weight excluding hydrogens is 250 g/mol. The van der Waals surface area contributed by atoms with Crippen LogP contribution in [0.3, 0.4) is 0 Å². The van der Waals surface area contributed by atoms with E-state index in [-0.39, 0.29) is 11.7 Å². The second kappa shape index (κ2) is 10.2. The molecule has 0 saturated carbocycles. The van der Waals surface area contributed by atoms with E-state index in [2.05, 4.69) is 31.8 Å². The minimum atomic E-state index is -0.644. The first-order chi connectivity index (χ1) is 8.54. The van der Waals surface area contributed by atoms with Crippen LogP contribution < -0.4 is 5.32 Å². The van der Waals surface area contributed by atoms with Gasteiger partial charge in [0, 0.05) is 12.7 Å². The fourth-order valence-electron chi connectivity index (χ4n) is 1.62. The second-order valence-electron chi connectivity index (χ2n) is 4.48. The standard InChI is InChI=1S/C13H25NO3S/c1-4-6-7-11(5-2)8-17-13(16)12(9-18)14-10(3)15/h11-12,18H,4-9H2,1-3H3,(H,14,15). The minimum absolute atomic E-state index is 0.246. The Morgan fingerprint density at radius 3 is 2.44 bits per heavy atom. The van der Waals surface area contributed by atoms with Gasteiger partial charge >= 0.3 is 5.97 Å². The second-order valence-corrected chi connectivity index (χ2v) is 4.85. The van der Waals surface area contributed by atoms with Gasteiger partial charge in [-0.15, -0.1) is 0 Å². The lowest BCUT2D eigenvalue weighted by Gasteiger charge is -2.18. The van der Waals surface area contributed by atoms with Crippen molar-refractivity contribution in [3.63, 3.8) is 0 Å². The summed E-state index contributed by atoms with van der Waals surface area (Å²) in [5.41, 5.74) is 0. The third kappa shape index (κ3) is 7.58. The number of carbonyl (C=O) groups is 2. The smallest absolute Gasteiger partial charge is 0.329 e. The Kier molecular flexibility index (Phi) is 9.83. The summed E-state index contributed by atoms with van der Waals surface area (Å²) in [6.45, 7) is 6.05. The molecule has 0 heterocycles. The van der Waals surface area contributed by atoms with Gasteiger partial charge in [0.2, 0.25) is 5.91 Å². The van der Waals surface area contributed by atoms with E-state index in [1.54, 1.807) is 0 Å².